The third kappa shape index (κ3) is 11.9. The lowest BCUT2D eigenvalue weighted by atomic mass is 10.00. The van der Waals surface area contributed by atoms with Crippen LogP contribution in [0.3, 0.4) is 0 Å². The van der Waals surface area contributed by atoms with Crippen molar-refractivity contribution in [3.8, 4) is 23.3 Å². The molecule has 1 fully saturated rings. The lowest BCUT2D eigenvalue weighted by Gasteiger charge is -2.45. The maximum atomic E-state index is 16.8. The SMILES string of the molecule is COCOc1cc(OC)cc(C=CCC2OC(C)(C)OC2C(O)C#CC(C)(F)C(C)O[Si](c2ccccc2)(c2ccccc2)C(C)(C)C)c1C(=O)OCC[Si](C)(C)C. The van der Waals surface area contributed by atoms with Crippen LogP contribution in [-0.4, -0.2) is 91.0 Å². The fourth-order valence-electron chi connectivity index (χ4n) is 6.94. The van der Waals surface area contributed by atoms with Crippen LogP contribution < -0.4 is 19.8 Å². The van der Waals surface area contributed by atoms with Gasteiger partial charge in [-0.1, -0.05) is 125 Å². The Bertz CT molecular complexity index is 1850. The van der Waals surface area contributed by atoms with Crippen molar-refractivity contribution in [1.82, 2.24) is 0 Å². The first-order chi connectivity index (χ1) is 27.1. The van der Waals surface area contributed by atoms with Gasteiger partial charge in [0.25, 0.3) is 8.32 Å². The first-order valence-electron chi connectivity index (χ1n) is 19.9. The predicted octanol–water partition coefficient (Wildman–Crippen LogP) is 8.15. The van der Waals surface area contributed by atoms with Gasteiger partial charge in [-0.3, -0.25) is 0 Å². The van der Waals surface area contributed by atoms with Crippen LogP contribution in [0.15, 0.2) is 78.9 Å². The molecule has 316 valence electrons. The van der Waals surface area contributed by atoms with Crippen LogP contribution >= 0.6 is 0 Å². The molecule has 1 heterocycles. The van der Waals surface area contributed by atoms with Gasteiger partial charge in [0.15, 0.2) is 18.2 Å². The minimum absolute atomic E-state index is 0.0866. The van der Waals surface area contributed by atoms with Crippen molar-refractivity contribution in [1.29, 1.82) is 0 Å². The summed E-state index contributed by atoms with van der Waals surface area (Å²) in [4.78, 5) is 13.5. The summed E-state index contributed by atoms with van der Waals surface area (Å²) in [5.74, 6) is 4.62. The van der Waals surface area contributed by atoms with Gasteiger partial charge < -0.3 is 38.0 Å². The van der Waals surface area contributed by atoms with E-state index in [1.807, 2.05) is 42.5 Å². The van der Waals surface area contributed by atoms with E-state index in [9.17, 15) is 9.90 Å². The number of esters is 1. The highest BCUT2D eigenvalue weighted by atomic mass is 28.4. The van der Waals surface area contributed by atoms with Gasteiger partial charge >= 0.3 is 5.97 Å². The van der Waals surface area contributed by atoms with Gasteiger partial charge in [0.1, 0.15) is 29.3 Å². The molecule has 0 spiro atoms. The molecule has 4 rings (SSSR count). The summed E-state index contributed by atoms with van der Waals surface area (Å²) in [7, 11) is -1.53. The van der Waals surface area contributed by atoms with Crippen LogP contribution in [0.1, 0.15) is 70.8 Å². The number of rotatable bonds is 17. The molecule has 5 unspecified atom stereocenters. The van der Waals surface area contributed by atoms with Crippen molar-refractivity contribution >= 4 is 38.8 Å². The topological polar surface area (TPSA) is 102 Å². The largest absolute Gasteiger partial charge is 0.497 e. The van der Waals surface area contributed by atoms with E-state index < -0.39 is 58.2 Å². The molecule has 0 amide bonds. The number of ether oxygens (including phenoxy) is 6. The van der Waals surface area contributed by atoms with Crippen LogP contribution in [0.4, 0.5) is 4.39 Å². The third-order valence-corrected chi connectivity index (χ3v) is 17.0. The second kappa shape index (κ2) is 19.5. The second-order valence-corrected chi connectivity index (χ2v) is 27.5. The van der Waals surface area contributed by atoms with Crippen molar-refractivity contribution in [3.63, 3.8) is 0 Å². The van der Waals surface area contributed by atoms with Crippen LogP contribution in [0.25, 0.3) is 6.08 Å². The van der Waals surface area contributed by atoms with Crippen LogP contribution in [0.5, 0.6) is 11.5 Å². The van der Waals surface area contributed by atoms with Gasteiger partial charge in [0.05, 0.1) is 25.9 Å². The van der Waals surface area contributed by atoms with Crippen LogP contribution in [0.2, 0.25) is 30.7 Å². The molecule has 0 saturated carbocycles. The fraction of sp³-hybridized carbons (Fsp3) is 0.500. The number of hydrogen-bond donors (Lipinski definition) is 1. The van der Waals surface area contributed by atoms with E-state index in [1.165, 1.54) is 21.1 Å². The first kappa shape index (κ1) is 46.9. The summed E-state index contributed by atoms with van der Waals surface area (Å²) in [5, 5.41) is 13.2. The average Bonchev–Trinajstić information content (AvgIpc) is 3.48. The number of hydrogen-bond acceptors (Lipinski definition) is 9. The zero-order valence-electron chi connectivity index (χ0n) is 36.3. The zero-order valence-corrected chi connectivity index (χ0v) is 38.3. The Balaban J connectivity index is 1.60. The highest BCUT2D eigenvalue weighted by Crippen LogP contribution is 2.39. The molecule has 1 aliphatic heterocycles. The Hall–Kier alpha value is -3.81. The van der Waals surface area contributed by atoms with E-state index in [2.05, 4.69) is 76.5 Å². The van der Waals surface area contributed by atoms with Crippen molar-refractivity contribution < 1.29 is 47.1 Å². The van der Waals surface area contributed by atoms with Gasteiger partial charge in [0.2, 0.25) is 0 Å². The summed E-state index contributed by atoms with van der Waals surface area (Å²) >= 11 is 0. The van der Waals surface area contributed by atoms with Crippen molar-refractivity contribution in [2.45, 2.75) is 121 Å². The normalized spacial score (nSPS) is 19.1. The summed E-state index contributed by atoms with van der Waals surface area (Å²) in [6.45, 7) is 19.8. The second-order valence-electron chi connectivity index (χ2n) is 17.6. The zero-order chi connectivity index (χ0) is 42.9. The molecule has 0 bridgehead atoms. The molecule has 1 N–H and O–H groups in total. The Labute approximate surface area is 347 Å². The number of methoxy groups -OCH3 is 2. The molecule has 58 heavy (non-hydrogen) atoms. The molecule has 3 aromatic rings. The highest BCUT2D eigenvalue weighted by Gasteiger charge is 2.53. The minimum atomic E-state index is -3.09. The lowest BCUT2D eigenvalue weighted by molar-refractivity contribution is -0.151. The standard InChI is InChI=1S/C46H63FO9Si2/c1-33(56-58(44(2,3)4,36-21-15-13-16-22-36)37-23-17-14-18-24-37)46(7,47)27-26-38(48)42-39(54-45(5,6)55-42)25-19-20-34-30-35(51-9)31-40(53-32-50-8)41(34)43(49)52-28-29-57(10,11)12/h13-24,30-31,33,38-39,42,48H,25,28-29,32H2,1-12H3. The van der Waals surface area contributed by atoms with Crippen LogP contribution in [-0.2, 0) is 23.4 Å². The summed E-state index contributed by atoms with van der Waals surface area (Å²) < 4.78 is 58.3. The van der Waals surface area contributed by atoms with Crippen molar-refractivity contribution in [2.75, 3.05) is 27.6 Å². The fourth-order valence-corrected chi connectivity index (χ4v) is 12.4. The number of halogens is 1. The van der Waals surface area contributed by atoms with E-state index in [-0.39, 0.29) is 29.6 Å². The number of benzene rings is 3. The molecular weight excluding hydrogens is 772 g/mol. The van der Waals surface area contributed by atoms with E-state index in [0.717, 1.165) is 16.4 Å². The van der Waals surface area contributed by atoms with Gasteiger partial charge in [-0.25, -0.2) is 9.18 Å². The van der Waals surface area contributed by atoms with Gasteiger partial charge in [-0.05, 0) is 67.2 Å². The monoisotopic (exact) mass is 834 g/mol. The smallest absolute Gasteiger partial charge is 0.342 e. The molecule has 1 aliphatic rings. The Morgan fingerprint density at radius 3 is 2.12 bits per heavy atom. The number of carbonyl (C=O) groups excluding carboxylic acids is 1. The maximum Gasteiger partial charge on any atom is 0.342 e. The van der Waals surface area contributed by atoms with Gasteiger partial charge in [-0.15, -0.1) is 0 Å². The molecule has 3 aromatic carbocycles. The van der Waals surface area contributed by atoms with Crippen molar-refractivity contribution in [3.05, 3.63) is 90.0 Å². The quantitative estimate of drug-likeness (QED) is 0.0625. The first-order valence-corrected chi connectivity index (χ1v) is 25.5. The number of aliphatic hydroxyl groups excluding tert-OH is 1. The van der Waals surface area contributed by atoms with E-state index in [4.69, 9.17) is 32.8 Å². The number of aliphatic hydroxyl groups is 1. The molecule has 1 saturated heterocycles. The molecule has 12 heteroatoms. The summed E-state index contributed by atoms with van der Waals surface area (Å²) in [6, 6.07) is 24.2. The van der Waals surface area contributed by atoms with Crippen molar-refractivity contribution in [2.24, 2.45) is 0 Å². The predicted molar refractivity (Wildman–Crippen MR) is 233 cm³/mol. The van der Waals surface area contributed by atoms with E-state index >= 15 is 4.39 Å². The molecular formula is C46H63FO9Si2. The molecule has 9 nitrogen and oxygen atoms in total. The van der Waals surface area contributed by atoms with Gasteiger partial charge in [0, 0.05) is 21.3 Å². The Morgan fingerprint density at radius 2 is 1.59 bits per heavy atom. The molecule has 5 atom stereocenters. The third-order valence-electron chi connectivity index (χ3n) is 10.2. The molecule has 0 aliphatic carbocycles. The number of carbonyl (C=O) groups is 1. The number of alkyl halides is 1. The Morgan fingerprint density at radius 1 is 0.983 bits per heavy atom. The average molecular weight is 835 g/mol. The minimum Gasteiger partial charge on any atom is -0.497 e. The maximum absolute atomic E-state index is 16.8. The lowest BCUT2D eigenvalue weighted by Crippen LogP contribution is -2.68. The summed E-state index contributed by atoms with van der Waals surface area (Å²) in [5.41, 5.74) is -1.41. The Kier molecular flexibility index (Phi) is 15.8. The molecule has 0 aromatic heterocycles. The molecule has 0 radical (unpaired) electrons. The summed E-state index contributed by atoms with van der Waals surface area (Å²) in [6.07, 6.45) is -0.0896. The van der Waals surface area contributed by atoms with Gasteiger partial charge in [-0.2, -0.15) is 0 Å². The van der Waals surface area contributed by atoms with E-state index in [0.29, 0.717) is 17.9 Å². The van der Waals surface area contributed by atoms with Crippen LogP contribution in [0, 0.1) is 11.8 Å². The van der Waals surface area contributed by atoms with E-state index in [1.54, 1.807) is 39.0 Å². The highest BCUT2D eigenvalue weighted by molar-refractivity contribution is 6.99.